The number of rotatable bonds is 12. The van der Waals surface area contributed by atoms with Crippen molar-refractivity contribution in [1.82, 2.24) is 20.9 Å². The summed E-state index contributed by atoms with van der Waals surface area (Å²) >= 11 is 1.51. The van der Waals surface area contributed by atoms with Gasteiger partial charge in [0.15, 0.2) is 0 Å². The van der Waals surface area contributed by atoms with E-state index in [9.17, 15) is 19.2 Å². The highest BCUT2D eigenvalue weighted by atomic mass is 32.2. The molecule has 1 aromatic heterocycles. The van der Waals surface area contributed by atoms with Crippen LogP contribution in [0.4, 0.5) is 4.79 Å². The van der Waals surface area contributed by atoms with Crippen LogP contribution in [0.1, 0.15) is 51.5 Å². The van der Waals surface area contributed by atoms with Crippen LogP contribution in [-0.2, 0) is 30.3 Å². The van der Waals surface area contributed by atoms with Crippen LogP contribution in [0.5, 0.6) is 0 Å². The zero-order valence-corrected chi connectivity index (χ0v) is 22.3. The van der Waals surface area contributed by atoms with Gasteiger partial charge in [0.2, 0.25) is 11.8 Å². The second-order valence-corrected chi connectivity index (χ2v) is 11.9. The van der Waals surface area contributed by atoms with Crippen molar-refractivity contribution in [2.45, 2.75) is 74.6 Å². The smallest absolute Gasteiger partial charge is 0.408 e. The molecule has 10 nitrogen and oxygen atoms in total. The van der Waals surface area contributed by atoms with E-state index in [4.69, 9.17) is 9.47 Å². The van der Waals surface area contributed by atoms with Crippen molar-refractivity contribution in [3.63, 3.8) is 0 Å². The SMILES string of the molecule is COC(=O)[C@H](C[C@@H]1CCNC1=O)NC(=O)[C@H](CC(C)C)C1SC1NC(=O)OC1(Cc2cccnc2)CC1. The first kappa shape index (κ1) is 27.2. The van der Waals surface area contributed by atoms with Crippen LogP contribution in [0.3, 0.4) is 0 Å². The van der Waals surface area contributed by atoms with Gasteiger partial charge in [0.25, 0.3) is 0 Å². The van der Waals surface area contributed by atoms with E-state index in [0.29, 0.717) is 25.8 Å². The van der Waals surface area contributed by atoms with E-state index in [1.807, 2.05) is 26.0 Å². The van der Waals surface area contributed by atoms with E-state index in [1.54, 1.807) is 12.4 Å². The Balaban J connectivity index is 1.32. The Bertz CT molecular complexity index is 1000. The lowest BCUT2D eigenvalue weighted by Gasteiger charge is -2.23. The number of alkyl carbamates (subject to hydrolysis) is 1. The standard InChI is InChI=1S/C26H36N4O6S/c1-15(2)11-18(22(32)29-19(24(33)35-3)12-17-6-10-28-21(17)31)20-23(37-20)30-25(34)36-26(7-8-26)13-16-5-4-9-27-14-16/h4-5,9,14-15,17-20,23H,6-8,10-13H2,1-3H3,(H,28,31)(H,29,32)(H,30,34)/t17-,18+,19-,20?,23?/m0/s1. The number of thioether (sulfide) groups is 1. The van der Waals surface area contributed by atoms with Crippen LogP contribution in [0.2, 0.25) is 0 Å². The highest BCUT2D eigenvalue weighted by Crippen LogP contribution is 2.47. The fraction of sp³-hybridized carbons (Fsp3) is 0.654. The number of hydrogen-bond donors (Lipinski definition) is 3. The lowest BCUT2D eigenvalue weighted by Crippen LogP contribution is -2.47. The highest BCUT2D eigenvalue weighted by Gasteiger charge is 2.51. The highest BCUT2D eigenvalue weighted by molar-refractivity contribution is 8.07. The molecule has 2 saturated heterocycles. The Kier molecular flexibility index (Phi) is 8.61. The van der Waals surface area contributed by atoms with Gasteiger partial charge >= 0.3 is 12.1 Å². The molecule has 0 spiro atoms. The number of pyridine rings is 1. The van der Waals surface area contributed by atoms with Gasteiger partial charge in [0.1, 0.15) is 11.6 Å². The third-order valence-electron chi connectivity index (χ3n) is 7.10. The van der Waals surface area contributed by atoms with Gasteiger partial charge in [-0.25, -0.2) is 9.59 Å². The average molecular weight is 533 g/mol. The van der Waals surface area contributed by atoms with Gasteiger partial charge in [-0.3, -0.25) is 14.6 Å². The van der Waals surface area contributed by atoms with E-state index in [1.165, 1.54) is 18.9 Å². The summed E-state index contributed by atoms with van der Waals surface area (Å²) in [6.45, 7) is 4.62. The number of amides is 3. The fourth-order valence-corrected chi connectivity index (χ4v) is 6.00. The van der Waals surface area contributed by atoms with Crippen molar-refractivity contribution in [2.75, 3.05) is 13.7 Å². The second kappa shape index (κ2) is 11.7. The second-order valence-electron chi connectivity index (χ2n) is 10.6. The Morgan fingerprint density at radius 2 is 2.08 bits per heavy atom. The number of aromatic nitrogens is 1. The molecular formula is C26H36N4O6S. The van der Waals surface area contributed by atoms with Gasteiger partial charge in [-0.1, -0.05) is 19.9 Å². The zero-order chi connectivity index (χ0) is 26.6. The minimum atomic E-state index is -0.900. The molecule has 1 aliphatic carbocycles. The molecule has 3 heterocycles. The normalized spacial score (nSPS) is 25.0. The molecule has 0 aromatic carbocycles. The predicted molar refractivity (Wildman–Crippen MR) is 137 cm³/mol. The molecule has 3 N–H and O–H groups in total. The minimum absolute atomic E-state index is 0.112. The van der Waals surface area contributed by atoms with Crippen molar-refractivity contribution >= 4 is 35.6 Å². The maximum absolute atomic E-state index is 13.3. The van der Waals surface area contributed by atoms with E-state index in [-0.39, 0.29) is 40.7 Å². The van der Waals surface area contributed by atoms with E-state index in [2.05, 4.69) is 20.9 Å². The zero-order valence-electron chi connectivity index (χ0n) is 21.5. The van der Waals surface area contributed by atoms with Gasteiger partial charge in [-0.05, 0) is 49.7 Å². The number of ether oxygens (including phenoxy) is 2. The third-order valence-corrected chi connectivity index (χ3v) is 8.40. The molecular weight excluding hydrogens is 496 g/mol. The van der Waals surface area contributed by atoms with Crippen LogP contribution in [-0.4, -0.2) is 64.8 Å². The number of nitrogens with zero attached hydrogens (tertiary/aromatic N) is 1. The van der Waals surface area contributed by atoms with Crippen LogP contribution in [0.25, 0.3) is 0 Å². The summed E-state index contributed by atoms with van der Waals surface area (Å²) in [5.41, 5.74) is 0.535. The summed E-state index contributed by atoms with van der Waals surface area (Å²) in [5, 5.41) is 8.13. The molecule has 1 saturated carbocycles. The number of methoxy groups -OCH3 is 1. The largest absolute Gasteiger partial charge is 0.467 e. The minimum Gasteiger partial charge on any atom is -0.467 e. The summed E-state index contributed by atoms with van der Waals surface area (Å²) in [6.07, 6.45) is 6.67. The molecule has 2 aliphatic heterocycles. The Hall–Kier alpha value is -2.82. The fourth-order valence-electron chi connectivity index (χ4n) is 4.90. The molecule has 37 heavy (non-hydrogen) atoms. The van der Waals surface area contributed by atoms with Crippen LogP contribution in [0.15, 0.2) is 24.5 Å². The molecule has 2 unspecified atom stereocenters. The van der Waals surface area contributed by atoms with Crippen molar-refractivity contribution in [3.05, 3.63) is 30.1 Å². The Labute approximate surface area is 221 Å². The first-order chi connectivity index (χ1) is 17.7. The van der Waals surface area contributed by atoms with E-state index in [0.717, 1.165) is 18.4 Å². The van der Waals surface area contributed by atoms with Crippen molar-refractivity contribution in [3.8, 4) is 0 Å². The molecule has 0 bridgehead atoms. The molecule has 1 aromatic rings. The summed E-state index contributed by atoms with van der Waals surface area (Å²) in [6, 6.07) is 2.93. The molecule has 202 valence electrons. The Morgan fingerprint density at radius 3 is 2.68 bits per heavy atom. The number of esters is 1. The Morgan fingerprint density at radius 1 is 1.30 bits per heavy atom. The van der Waals surface area contributed by atoms with Crippen LogP contribution in [0, 0.1) is 17.8 Å². The molecule has 11 heteroatoms. The number of carbonyl (C=O) groups is 4. The lowest BCUT2D eigenvalue weighted by molar-refractivity contribution is -0.146. The molecule has 0 radical (unpaired) electrons. The monoisotopic (exact) mass is 532 g/mol. The van der Waals surface area contributed by atoms with Crippen molar-refractivity contribution in [1.29, 1.82) is 0 Å². The van der Waals surface area contributed by atoms with Gasteiger partial charge in [0, 0.05) is 36.5 Å². The molecule has 3 amide bonds. The summed E-state index contributed by atoms with van der Waals surface area (Å²) < 4.78 is 10.7. The molecule has 3 aliphatic rings. The van der Waals surface area contributed by atoms with Crippen LogP contribution < -0.4 is 16.0 Å². The molecule has 5 atom stereocenters. The topological polar surface area (TPSA) is 136 Å². The average Bonchev–Trinajstić information content (AvgIpc) is 3.76. The summed E-state index contributed by atoms with van der Waals surface area (Å²) in [7, 11) is 1.27. The van der Waals surface area contributed by atoms with Crippen molar-refractivity contribution < 1.29 is 28.7 Å². The summed E-state index contributed by atoms with van der Waals surface area (Å²) in [5.74, 6) is -1.47. The van der Waals surface area contributed by atoms with Gasteiger partial charge in [0.05, 0.1) is 18.4 Å². The molecule has 3 fully saturated rings. The van der Waals surface area contributed by atoms with Gasteiger partial charge in [-0.2, -0.15) is 0 Å². The first-order valence-corrected chi connectivity index (χ1v) is 13.8. The number of carbonyl (C=O) groups excluding carboxylic acids is 4. The van der Waals surface area contributed by atoms with E-state index >= 15 is 0 Å². The van der Waals surface area contributed by atoms with E-state index < -0.39 is 29.6 Å². The van der Waals surface area contributed by atoms with Crippen molar-refractivity contribution in [2.24, 2.45) is 17.8 Å². The maximum Gasteiger partial charge on any atom is 0.408 e. The van der Waals surface area contributed by atoms with Crippen LogP contribution >= 0.6 is 11.8 Å². The maximum atomic E-state index is 13.3. The quantitative estimate of drug-likeness (QED) is 0.275. The first-order valence-electron chi connectivity index (χ1n) is 12.9. The van der Waals surface area contributed by atoms with Gasteiger partial charge < -0.3 is 25.4 Å². The number of hydrogen-bond acceptors (Lipinski definition) is 8. The summed E-state index contributed by atoms with van der Waals surface area (Å²) in [4.78, 5) is 54.6. The van der Waals surface area contributed by atoms with Gasteiger partial charge in [-0.15, -0.1) is 11.8 Å². The predicted octanol–water partition coefficient (Wildman–Crippen LogP) is 2.17. The number of nitrogens with one attached hydrogen (secondary N) is 3. The lowest BCUT2D eigenvalue weighted by atomic mass is 9.92. The third kappa shape index (κ3) is 7.37. The molecule has 4 rings (SSSR count).